The smallest absolute Gasteiger partial charge is 0.213 e. The normalized spacial score (nSPS) is 12.2. The second kappa shape index (κ2) is 10.4. The maximum absolute atomic E-state index is 14.1. The number of aromatic nitrogens is 3. The van der Waals surface area contributed by atoms with Gasteiger partial charge in [-0.15, -0.1) is 0 Å². The number of amidine groups is 2. The molecule has 9 heteroatoms. The van der Waals surface area contributed by atoms with Gasteiger partial charge in [0.25, 0.3) is 0 Å². The summed E-state index contributed by atoms with van der Waals surface area (Å²) >= 11 is 0. The lowest BCUT2D eigenvalue weighted by Crippen LogP contribution is -2.21. The fourth-order valence-electron chi connectivity index (χ4n) is 2.62. The zero-order chi connectivity index (χ0) is 23.0. The third-order valence-corrected chi connectivity index (χ3v) is 4.03. The van der Waals surface area contributed by atoms with Crippen LogP contribution in [0.3, 0.4) is 0 Å². The quantitative estimate of drug-likeness (QED) is 0.424. The summed E-state index contributed by atoms with van der Waals surface area (Å²) in [5, 5.41) is 10.5. The Labute approximate surface area is 180 Å². The van der Waals surface area contributed by atoms with Crippen LogP contribution >= 0.6 is 0 Å². The molecule has 4 N–H and O–H groups in total. The molecule has 0 amide bonds. The molecule has 3 rings (SSSR count). The number of H-pyrrole nitrogens is 1. The SMILES string of the molecule is CC.COc1cccc(C(N)=NC(=Nc2ccncc2F)c2[nH]ccc2C(C)(C)O)n1. The van der Waals surface area contributed by atoms with E-state index < -0.39 is 11.4 Å². The number of aliphatic imine (C=N–C) groups is 2. The Balaban J connectivity index is 0.00000166. The molecule has 0 radical (unpaired) electrons. The highest BCUT2D eigenvalue weighted by Crippen LogP contribution is 2.26. The second-order valence-corrected chi connectivity index (χ2v) is 6.65. The second-order valence-electron chi connectivity index (χ2n) is 6.65. The van der Waals surface area contributed by atoms with Gasteiger partial charge < -0.3 is 20.6 Å². The number of hydrogen-bond donors (Lipinski definition) is 3. The van der Waals surface area contributed by atoms with Crippen LogP contribution < -0.4 is 10.5 Å². The molecule has 0 atom stereocenters. The molecule has 0 aliphatic heterocycles. The summed E-state index contributed by atoms with van der Waals surface area (Å²) in [6, 6.07) is 8.17. The zero-order valence-corrected chi connectivity index (χ0v) is 18.2. The van der Waals surface area contributed by atoms with Gasteiger partial charge in [0.15, 0.2) is 17.5 Å². The van der Waals surface area contributed by atoms with E-state index in [1.165, 1.54) is 19.4 Å². The number of nitrogens with zero attached hydrogens (tertiary/aromatic N) is 4. The molecule has 8 nitrogen and oxygen atoms in total. The van der Waals surface area contributed by atoms with Crippen molar-refractivity contribution in [2.75, 3.05) is 7.11 Å². The number of rotatable bonds is 5. The van der Waals surface area contributed by atoms with Gasteiger partial charge in [0.05, 0.1) is 24.6 Å². The molecular formula is C22H27FN6O2. The maximum atomic E-state index is 14.1. The number of nitrogens with two attached hydrogens (primary N) is 1. The van der Waals surface area contributed by atoms with Gasteiger partial charge in [0, 0.05) is 24.0 Å². The Kier molecular flexibility index (Phi) is 7.98. The Morgan fingerprint density at radius 3 is 2.61 bits per heavy atom. The predicted molar refractivity (Wildman–Crippen MR) is 119 cm³/mol. The van der Waals surface area contributed by atoms with Gasteiger partial charge in [-0.05, 0) is 32.0 Å². The van der Waals surface area contributed by atoms with E-state index in [1.807, 2.05) is 13.8 Å². The first kappa shape index (κ1) is 23.7. The molecule has 0 bridgehead atoms. The summed E-state index contributed by atoms with van der Waals surface area (Å²) in [7, 11) is 1.49. The van der Waals surface area contributed by atoms with Gasteiger partial charge in [-0.3, -0.25) is 4.98 Å². The van der Waals surface area contributed by atoms with Crippen molar-refractivity contribution < 1.29 is 14.2 Å². The van der Waals surface area contributed by atoms with E-state index in [-0.39, 0.29) is 17.4 Å². The Bertz CT molecular complexity index is 1070. The number of methoxy groups -OCH3 is 1. The first-order valence-corrected chi connectivity index (χ1v) is 9.74. The number of aromatic amines is 1. The maximum Gasteiger partial charge on any atom is 0.213 e. The highest BCUT2D eigenvalue weighted by atomic mass is 19.1. The first-order valence-electron chi connectivity index (χ1n) is 9.74. The minimum absolute atomic E-state index is 0.0291. The molecule has 0 saturated heterocycles. The van der Waals surface area contributed by atoms with E-state index in [1.54, 1.807) is 44.3 Å². The van der Waals surface area contributed by atoms with Crippen LogP contribution in [0.5, 0.6) is 5.88 Å². The molecule has 3 aromatic rings. The summed E-state index contributed by atoms with van der Waals surface area (Å²) in [5.41, 5.74) is 6.28. The van der Waals surface area contributed by atoms with E-state index in [4.69, 9.17) is 10.5 Å². The Hall–Kier alpha value is -3.59. The van der Waals surface area contributed by atoms with E-state index in [0.29, 0.717) is 22.8 Å². The van der Waals surface area contributed by atoms with Crippen molar-refractivity contribution in [2.45, 2.75) is 33.3 Å². The highest BCUT2D eigenvalue weighted by Gasteiger charge is 2.24. The molecule has 0 aliphatic carbocycles. The van der Waals surface area contributed by atoms with Crippen LogP contribution in [0, 0.1) is 5.82 Å². The lowest BCUT2D eigenvalue weighted by molar-refractivity contribution is 0.0786. The van der Waals surface area contributed by atoms with Crippen LogP contribution in [-0.4, -0.2) is 38.8 Å². The molecular weight excluding hydrogens is 399 g/mol. The number of halogens is 1. The van der Waals surface area contributed by atoms with Gasteiger partial charge in [-0.1, -0.05) is 19.9 Å². The van der Waals surface area contributed by atoms with Crippen molar-refractivity contribution in [1.82, 2.24) is 15.0 Å². The molecule has 31 heavy (non-hydrogen) atoms. The Morgan fingerprint density at radius 1 is 1.23 bits per heavy atom. The van der Waals surface area contributed by atoms with Crippen molar-refractivity contribution in [3.63, 3.8) is 0 Å². The lowest BCUT2D eigenvalue weighted by Gasteiger charge is -2.18. The van der Waals surface area contributed by atoms with Gasteiger partial charge >= 0.3 is 0 Å². The molecule has 0 aliphatic rings. The third kappa shape index (κ3) is 5.95. The van der Waals surface area contributed by atoms with Gasteiger partial charge in [0.2, 0.25) is 5.88 Å². The zero-order valence-electron chi connectivity index (χ0n) is 18.2. The number of ether oxygens (including phenoxy) is 1. The number of pyridine rings is 2. The van der Waals surface area contributed by atoms with Crippen LogP contribution in [0.2, 0.25) is 0 Å². The minimum Gasteiger partial charge on any atom is -0.481 e. The average Bonchev–Trinajstić information content (AvgIpc) is 3.27. The number of aliphatic hydroxyl groups is 1. The predicted octanol–water partition coefficient (Wildman–Crippen LogP) is 3.69. The van der Waals surface area contributed by atoms with Crippen molar-refractivity contribution in [2.24, 2.45) is 15.7 Å². The number of hydrogen-bond acceptors (Lipinski definition) is 5. The topological polar surface area (TPSA) is 122 Å². The molecule has 0 spiro atoms. The summed E-state index contributed by atoms with van der Waals surface area (Å²) in [6.07, 6.45) is 4.11. The van der Waals surface area contributed by atoms with E-state index >= 15 is 0 Å². The van der Waals surface area contributed by atoms with Gasteiger partial charge in [0.1, 0.15) is 11.4 Å². The molecule has 0 aromatic carbocycles. The van der Waals surface area contributed by atoms with Gasteiger partial charge in [-0.2, -0.15) is 0 Å². The van der Waals surface area contributed by atoms with Crippen molar-refractivity contribution in [1.29, 1.82) is 0 Å². The van der Waals surface area contributed by atoms with Crippen LogP contribution in [-0.2, 0) is 5.60 Å². The summed E-state index contributed by atoms with van der Waals surface area (Å²) in [6.45, 7) is 7.25. The number of nitrogens with one attached hydrogen (secondary N) is 1. The van der Waals surface area contributed by atoms with Crippen molar-refractivity contribution in [3.8, 4) is 5.88 Å². The summed E-state index contributed by atoms with van der Waals surface area (Å²) in [5.74, 6) is -0.112. The standard InChI is InChI=1S/C20H21FN6O2.C2H6/c1-20(2,28)12-7-10-24-17(12)19(26-14-8-9-23-11-13(14)21)27-18(22)15-5-4-6-16(25-15)29-3;1-2/h4-11,24,28H,1-3H3,(H2,22,23,26,27);1-2H3. The van der Waals surface area contributed by atoms with Crippen molar-refractivity contribution >= 4 is 17.4 Å². The summed E-state index contributed by atoms with van der Waals surface area (Å²) in [4.78, 5) is 19.7. The monoisotopic (exact) mass is 426 g/mol. The molecule has 3 aromatic heterocycles. The fraction of sp³-hybridized carbons (Fsp3) is 0.273. The minimum atomic E-state index is -1.19. The lowest BCUT2D eigenvalue weighted by atomic mass is 9.98. The Morgan fingerprint density at radius 2 is 1.97 bits per heavy atom. The molecule has 164 valence electrons. The molecule has 3 heterocycles. The highest BCUT2D eigenvalue weighted by molar-refractivity contribution is 6.11. The first-order chi connectivity index (χ1) is 14.8. The third-order valence-electron chi connectivity index (χ3n) is 4.03. The summed E-state index contributed by atoms with van der Waals surface area (Å²) < 4.78 is 19.3. The largest absolute Gasteiger partial charge is 0.481 e. The molecule has 0 unspecified atom stereocenters. The van der Waals surface area contributed by atoms with Crippen LogP contribution in [0.4, 0.5) is 10.1 Å². The van der Waals surface area contributed by atoms with E-state index in [9.17, 15) is 9.50 Å². The van der Waals surface area contributed by atoms with Gasteiger partial charge in [-0.25, -0.2) is 19.4 Å². The molecule has 0 fully saturated rings. The van der Waals surface area contributed by atoms with Crippen molar-refractivity contribution in [3.05, 3.63) is 71.7 Å². The van der Waals surface area contributed by atoms with E-state index in [0.717, 1.165) is 6.20 Å². The average molecular weight is 426 g/mol. The van der Waals surface area contributed by atoms with Crippen LogP contribution in [0.25, 0.3) is 0 Å². The van der Waals surface area contributed by atoms with E-state index in [2.05, 4.69) is 24.9 Å². The van der Waals surface area contributed by atoms with Crippen LogP contribution in [0.15, 0.2) is 58.9 Å². The van der Waals surface area contributed by atoms with Crippen LogP contribution in [0.1, 0.15) is 44.6 Å². The fourth-order valence-corrected chi connectivity index (χ4v) is 2.62. The molecule has 0 saturated carbocycles.